The molecule has 0 atom stereocenters. The Morgan fingerprint density at radius 3 is 0.837 bits per heavy atom. The maximum atomic E-state index is 15.9. The molecule has 0 unspecified atom stereocenters. The van der Waals surface area contributed by atoms with Crippen molar-refractivity contribution < 1.29 is 31.1 Å². The van der Waals surface area contributed by atoms with Gasteiger partial charge in [-0.3, -0.25) is 0 Å². The minimum Gasteiger partial charge on any atom is -0.377 e. The van der Waals surface area contributed by atoms with Gasteiger partial charge in [-0.1, -0.05) is 24.3 Å². The maximum absolute atomic E-state index is 15.9. The Balaban J connectivity index is 1.99. The fourth-order valence-corrected chi connectivity index (χ4v) is 7.05. The zero-order valence-corrected chi connectivity index (χ0v) is 25.1. The molecule has 0 spiro atoms. The Morgan fingerprint density at radius 2 is 0.651 bits per heavy atom. The van der Waals surface area contributed by atoms with Gasteiger partial charge in [0, 0.05) is 112 Å². The molecule has 2 aliphatic rings. The number of fused-ring (bicyclic) bond motifs is 6. The zero-order chi connectivity index (χ0) is 31.6. The first-order valence-corrected chi connectivity index (χ1v) is 13.7. The summed E-state index contributed by atoms with van der Waals surface area (Å²) >= 11 is 0. The number of rotatable bonds is 4. The van der Waals surface area contributed by atoms with Crippen molar-refractivity contribution in [3.8, 4) is 0 Å². The third-order valence-electron chi connectivity index (χ3n) is 8.78. The van der Waals surface area contributed by atoms with E-state index in [0.29, 0.717) is 33.5 Å². The van der Waals surface area contributed by atoms with Crippen molar-refractivity contribution in [3.63, 3.8) is 0 Å². The number of halogens is 6. The molecule has 0 saturated heterocycles. The van der Waals surface area contributed by atoms with Crippen LogP contribution in [-0.4, -0.2) is 68.7 Å². The molecule has 4 aromatic rings. The van der Waals surface area contributed by atoms with Gasteiger partial charge in [0.15, 0.2) is 0 Å². The van der Waals surface area contributed by atoms with E-state index in [1.54, 1.807) is 76.0 Å². The van der Waals surface area contributed by atoms with Gasteiger partial charge in [0.2, 0.25) is 11.2 Å². The molecule has 2 bridgehead atoms. The highest BCUT2D eigenvalue weighted by atomic mass is 19.4. The summed E-state index contributed by atoms with van der Waals surface area (Å²) in [6, 6.07) is 11.2. The SMILES string of the molecule is CN(C)c1ccc2c3c(ccc(N(C)C)c13)C1(C(F)(F)F)OC2(C(F)(F)F)c2ccc(N(C)C)c3c(N(C)C)ccc1c23. The highest BCUT2D eigenvalue weighted by molar-refractivity contribution is 6.12. The summed E-state index contributed by atoms with van der Waals surface area (Å²) < 4.78 is 101. The molecule has 43 heavy (non-hydrogen) atoms. The van der Waals surface area contributed by atoms with Crippen LogP contribution in [0.25, 0.3) is 21.5 Å². The number of hydrogen-bond acceptors (Lipinski definition) is 5. The minimum absolute atomic E-state index is 0.106. The Labute approximate surface area is 245 Å². The molecule has 11 heteroatoms. The van der Waals surface area contributed by atoms with E-state index in [-0.39, 0.29) is 33.0 Å². The number of anilines is 4. The normalized spacial score (nSPS) is 20.9. The molecular weight excluding hydrogens is 570 g/mol. The lowest BCUT2D eigenvalue weighted by Gasteiger charge is -2.54. The largest absolute Gasteiger partial charge is 0.426 e. The van der Waals surface area contributed by atoms with Crippen LogP contribution in [0.2, 0.25) is 0 Å². The molecule has 5 nitrogen and oxygen atoms in total. The molecule has 0 amide bonds. The fourth-order valence-electron chi connectivity index (χ4n) is 7.05. The van der Waals surface area contributed by atoms with E-state index >= 15 is 26.3 Å². The van der Waals surface area contributed by atoms with Crippen molar-refractivity contribution in [2.75, 3.05) is 76.0 Å². The molecular formula is C32H32F6N4O. The summed E-state index contributed by atoms with van der Waals surface area (Å²) in [5.74, 6) is 0. The lowest BCUT2D eigenvalue weighted by molar-refractivity contribution is -0.357. The Hall–Kier alpha value is -3.86. The molecule has 2 heterocycles. The van der Waals surface area contributed by atoms with Crippen LogP contribution in [0.3, 0.4) is 0 Å². The second-order valence-electron chi connectivity index (χ2n) is 12.1. The van der Waals surface area contributed by atoms with E-state index in [4.69, 9.17) is 4.74 Å². The summed E-state index contributed by atoms with van der Waals surface area (Å²) in [5, 5.41) is 0.381. The molecule has 0 aromatic heterocycles. The average molecular weight is 603 g/mol. The van der Waals surface area contributed by atoms with Crippen molar-refractivity contribution in [2.45, 2.75) is 23.6 Å². The average Bonchev–Trinajstić information content (AvgIpc) is 2.90. The Morgan fingerprint density at radius 1 is 0.419 bits per heavy atom. The van der Waals surface area contributed by atoms with Gasteiger partial charge < -0.3 is 24.3 Å². The van der Waals surface area contributed by atoms with Crippen molar-refractivity contribution >= 4 is 44.3 Å². The first-order valence-electron chi connectivity index (χ1n) is 13.7. The Kier molecular flexibility index (Phi) is 6.01. The standard InChI is InChI=1S/C32H32F6N4O/c1-39(2)21-13-9-17-25-18(10-14-22(27(21)25)40(3)4)30(32(36,37)38)20-12-16-24(42(7)8)28-23(41(5)6)15-11-19(26(20)28)29(17,43-30)31(33,34)35/h9-16H,1-8H3. The second-order valence-corrected chi connectivity index (χ2v) is 12.1. The van der Waals surface area contributed by atoms with Crippen LogP contribution in [0, 0.1) is 0 Å². The number of hydrogen-bond donors (Lipinski definition) is 0. The van der Waals surface area contributed by atoms with Gasteiger partial charge in [-0.05, 0) is 35.0 Å². The van der Waals surface area contributed by atoms with Crippen LogP contribution >= 0.6 is 0 Å². The van der Waals surface area contributed by atoms with E-state index in [1.165, 1.54) is 48.5 Å². The van der Waals surface area contributed by atoms with Crippen molar-refractivity contribution in [3.05, 3.63) is 70.8 Å². The Bertz CT molecular complexity index is 1570. The molecule has 0 N–H and O–H groups in total. The third kappa shape index (κ3) is 3.45. The smallest absolute Gasteiger partial charge is 0.377 e. The van der Waals surface area contributed by atoms with Gasteiger partial charge in [-0.25, -0.2) is 0 Å². The predicted molar refractivity (Wildman–Crippen MR) is 160 cm³/mol. The van der Waals surface area contributed by atoms with Gasteiger partial charge in [0.1, 0.15) is 0 Å². The van der Waals surface area contributed by atoms with E-state index in [0.717, 1.165) is 0 Å². The summed E-state index contributed by atoms with van der Waals surface area (Å²) in [6.45, 7) is 0. The molecule has 0 fully saturated rings. The zero-order valence-electron chi connectivity index (χ0n) is 25.1. The van der Waals surface area contributed by atoms with Gasteiger partial charge in [0.25, 0.3) is 0 Å². The van der Waals surface area contributed by atoms with Crippen LogP contribution < -0.4 is 19.6 Å². The van der Waals surface area contributed by atoms with Crippen LogP contribution in [0.4, 0.5) is 49.1 Å². The highest BCUT2D eigenvalue weighted by Crippen LogP contribution is 2.68. The van der Waals surface area contributed by atoms with E-state index in [9.17, 15) is 0 Å². The number of benzene rings is 4. The lowest BCUT2D eigenvalue weighted by Crippen LogP contribution is -2.61. The van der Waals surface area contributed by atoms with Gasteiger partial charge in [-0.15, -0.1) is 0 Å². The van der Waals surface area contributed by atoms with E-state index in [1.807, 2.05) is 0 Å². The molecule has 0 aliphatic carbocycles. The van der Waals surface area contributed by atoms with E-state index in [2.05, 4.69) is 0 Å². The highest BCUT2D eigenvalue weighted by Gasteiger charge is 2.74. The van der Waals surface area contributed by atoms with Gasteiger partial charge >= 0.3 is 12.4 Å². The van der Waals surface area contributed by atoms with Gasteiger partial charge in [0.05, 0.1) is 0 Å². The van der Waals surface area contributed by atoms with Crippen LogP contribution in [0.15, 0.2) is 48.5 Å². The monoisotopic (exact) mass is 602 g/mol. The first-order chi connectivity index (χ1) is 19.9. The first kappa shape index (κ1) is 29.2. The summed E-state index contributed by atoms with van der Waals surface area (Å²) in [4.78, 5) is 6.79. The molecule has 6 rings (SSSR count). The van der Waals surface area contributed by atoms with Crippen LogP contribution in [0.5, 0.6) is 0 Å². The van der Waals surface area contributed by atoms with Gasteiger partial charge in [-0.2, -0.15) is 26.3 Å². The summed E-state index contributed by atoms with van der Waals surface area (Å²) in [6.07, 6.45) is -10.5. The quantitative estimate of drug-likeness (QED) is 0.230. The molecule has 2 aliphatic heterocycles. The number of alkyl halides is 6. The maximum Gasteiger partial charge on any atom is 0.426 e. The van der Waals surface area contributed by atoms with Crippen molar-refractivity contribution in [1.29, 1.82) is 0 Å². The topological polar surface area (TPSA) is 22.2 Å². The van der Waals surface area contributed by atoms with Crippen LogP contribution in [0.1, 0.15) is 22.3 Å². The van der Waals surface area contributed by atoms with Crippen LogP contribution in [-0.2, 0) is 15.9 Å². The summed E-state index contributed by atoms with van der Waals surface area (Å²) in [5.41, 5.74) is -6.29. The minimum atomic E-state index is -5.26. The predicted octanol–water partition coefficient (Wildman–Crippen LogP) is 7.21. The van der Waals surface area contributed by atoms with E-state index < -0.39 is 23.6 Å². The number of ether oxygens (including phenoxy) is 1. The van der Waals surface area contributed by atoms with Crippen molar-refractivity contribution in [1.82, 2.24) is 0 Å². The van der Waals surface area contributed by atoms with Crippen molar-refractivity contribution in [2.24, 2.45) is 0 Å². The fraction of sp³-hybridized carbons (Fsp3) is 0.375. The summed E-state index contributed by atoms with van der Waals surface area (Å²) in [7, 11) is 13.7. The third-order valence-corrected chi connectivity index (χ3v) is 8.78. The molecule has 0 saturated carbocycles. The molecule has 4 aromatic carbocycles. The lowest BCUT2D eigenvalue weighted by atomic mass is 9.66. The molecule has 0 radical (unpaired) electrons. The second kappa shape index (κ2) is 8.84. The number of nitrogens with zero attached hydrogens (tertiary/aromatic N) is 4. The molecule has 228 valence electrons.